The normalized spacial score (nSPS) is 8.31. The quantitative estimate of drug-likeness (QED) is 0.549. The summed E-state index contributed by atoms with van der Waals surface area (Å²) in [6, 6.07) is 0. The molecule has 0 aliphatic carbocycles. The van der Waals surface area contributed by atoms with Gasteiger partial charge < -0.3 is 15.3 Å². The van der Waals surface area contributed by atoms with Gasteiger partial charge >= 0.3 is 0 Å². The van der Waals surface area contributed by atoms with E-state index in [-0.39, 0.29) is 17.4 Å². The minimum Gasteiger partial charge on any atom is -0.852 e. The van der Waals surface area contributed by atoms with Gasteiger partial charge in [0.05, 0.1) is 0 Å². The van der Waals surface area contributed by atoms with Crippen LogP contribution in [-0.2, 0) is 17.4 Å². The Morgan fingerprint density at radius 3 is 0.538 bits per heavy atom. The molecule has 3 nitrogen and oxygen atoms in total. The molecule has 0 fully saturated rings. The van der Waals surface area contributed by atoms with Crippen LogP contribution in [0.4, 0.5) is 0 Å². The molecule has 4 heteroatoms. The van der Waals surface area contributed by atoms with Crippen molar-refractivity contribution in [2.24, 2.45) is 0 Å². The molecule has 0 aromatic rings. The predicted octanol–water partition coefficient (Wildman–Crippen LogP) is -0.737. The van der Waals surface area contributed by atoms with Gasteiger partial charge in [-0.25, -0.2) is 0 Å². The van der Waals surface area contributed by atoms with Gasteiger partial charge in [-0.3, -0.25) is 0 Å². The third kappa shape index (κ3) is 7910. The first kappa shape index (κ1) is 23.3. The Labute approximate surface area is 92.9 Å². The van der Waals surface area contributed by atoms with E-state index in [2.05, 4.69) is 0 Å². The van der Waals surface area contributed by atoms with Crippen LogP contribution in [0.15, 0.2) is 0 Å². The van der Waals surface area contributed by atoms with Crippen molar-refractivity contribution in [1.29, 1.82) is 0 Å². The van der Waals surface area contributed by atoms with Gasteiger partial charge in [0, 0.05) is 17.4 Å². The molecule has 0 N–H and O–H groups in total. The first-order chi connectivity index (χ1) is 5.20. The van der Waals surface area contributed by atoms with E-state index in [1.54, 1.807) is 41.5 Å². The van der Waals surface area contributed by atoms with E-state index in [1.165, 1.54) is 0 Å². The van der Waals surface area contributed by atoms with Gasteiger partial charge in [0.15, 0.2) is 0 Å². The average Bonchev–Trinajstić information content (AvgIpc) is 1.54. The Balaban J connectivity index is -0.0000000450. The van der Waals surface area contributed by atoms with Crippen LogP contribution in [-0.4, -0.2) is 18.3 Å². The molecule has 84 valence electrons. The number of rotatable bonds is 0. The van der Waals surface area contributed by atoms with Crippen molar-refractivity contribution in [2.45, 2.75) is 59.9 Å². The zero-order valence-corrected chi connectivity index (χ0v) is 10.6. The molecule has 13 heavy (non-hydrogen) atoms. The molecule has 0 saturated carbocycles. The fourth-order valence-corrected chi connectivity index (χ4v) is 0. The summed E-state index contributed by atoms with van der Waals surface area (Å²) in [6.45, 7) is 9.67. The SMILES string of the molecule is CC(C)[O-].CC(C)[O-].CC(C)[O-].[Cr]. The molecule has 0 saturated heterocycles. The molecule has 0 spiro atoms. The second-order valence-corrected chi connectivity index (χ2v) is 3.15. The topological polar surface area (TPSA) is 69.2 Å². The van der Waals surface area contributed by atoms with E-state index in [0.717, 1.165) is 0 Å². The van der Waals surface area contributed by atoms with Gasteiger partial charge in [-0.1, -0.05) is 41.5 Å². The van der Waals surface area contributed by atoms with E-state index in [9.17, 15) is 15.3 Å². The van der Waals surface area contributed by atoms with Crippen LogP contribution >= 0.6 is 0 Å². The summed E-state index contributed by atoms with van der Waals surface area (Å²) < 4.78 is 0. The Hall–Kier alpha value is 0.412. The molecule has 0 aliphatic rings. The van der Waals surface area contributed by atoms with Gasteiger partial charge in [0.25, 0.3) is 0 Å². The van der Waals surface area contributed by atoms with Crippen LogP contribution in [0.5, 0.6) is 0 Å². The number of hydrogen-bond acceptors (Lipinski definition) is 3. The van der Waals surface area contributed by atoms with Crippen LogP contribution < -0.4 is 15.3 Å². The van der Waals surface area contributed by atoms with Crippen molar-refractivity contribution in [1.82, 2.24) is 0 Å². The minimum atomic E-state index is -0.417. The summed E-state index contributed by atoms with van der Waals surface area (Å²) in [5.41, 5.74) is 0. The summed E-state index contributed by atoms with van der Waals surface area (Å²) in [5, 5.41) is 28.6. The van der Waals surface area contributed by atoms with Crippen LogP contribution in [0.2, 0.25) is 0 Å². The van der Waals surface area contributed by atoms with Gasteiger partial charge in [-0.05, 0) is 0 Å². The third-order valence-electron chi connectivity index (χ3n) is 0. The second-order valence-electron chi connectivity index (χ2n) is 3.15. The van der Waals surface area contributed by atoms with Gasteiger partial charge in [-0.15, -0.1) is 18.3 Å². The maximum Gasteiger partial charge on any atom is 0 e. The van der Waals surface area contributed by atoms with Crippen LogP contribution in [0.1, 0.15) is 41.5 Å². The zero-order chi connectivity index (χ0) is 10.7. The van der Waals surface area contributed by atoms with E-state index < -0.39 is 18.3 Å². The Morgan fingerprint density at radius 2 is 0.538 bits per heavy atom. The molecular weight excluding hydrogens is 208 g/mol. The molecule has 0 heterocycles. The fourth-order valence-electron chi connectivity index (χ4n) is 0. The smallest absolute Gasteiger partial charge is 0 e. The molecule has 0 amide bonds. The maximum absolute atomic E-state index is 9.53. The van der Waals surface area contributed by atoms with Crippen molar-refractivity contribution >= 4 is 0 Å². The van der Waals surface area contributed by atoms with Crippen molar-refractivity contribution in [3.05, 3.63) is 0 Å². The molecule has 0 atom stereocenters. The van der Waals surface area contributed by atoms with Crippen molar-refractivity contribution in [2.75, 3.05) is 0 Å². The fraction of sp³-hybridized carbons (Fsp3) is 1.00. The molecule has 0 aromatic heterocycles. The van der Waals surface area contributed by atoms with Gasteiger partial charge in [0.2, 0.25) is 0 Å². The standard InChI is InChI=1S/3C3H7O.Cr/c3*1-3(2)4;/h3*3H,1-2H3;/q3*-1;. The number of hydrogen-bond donors (Lipinski definition) is 0. The summed E-state index contributed by atoms with van der Waals surface area (Å²) in [4.78, 5) is 0. The molecule has 0 aromatic carbocycles. The Bertz CT molecular complexity index is 43.4. The van der Waals surface area contributed by atoms with Crippen LogP contribution in [0, 0.1) is 0 Å². The van der Waals surface area contributed by atoms with E-state index in [4.69, 9.17) is 0 Å². The summed E-state index contributed by atoms with van der Waals surface area (Å²) in [6.07, 6.45) is -1.25. The molecule has 0 unspecified atom stereocenters. The minimum absolute atomic E-state index is 0. The molecular formula is C9H21CrO3-3. The van der Waals surface area contributed by atoms with E-state index in [1.807, 2.05) is 0 Å². The van der Waals surface area contributed by atoms with Gasteiger partial charge in [-0.2, -0.15) is 0 Å². The summed E-state index contributed by atoms with van der Waals surface area (Å²) in [7, 11) is 0. The Kier molecular flexibility index (Phi) is 32.7. The summed E-state index contributed by atoms with van der Waals surface area (Å²) in [5.74, 6) is 0. The van der Waals surface area contributed by atoms with Crippen LogP contribution in [0.25, 0.3) is 0 Å². The molecule has 0 bridgehead atoms. The van der Waals surface area contributed by atoms with E-state index >= 15 is 0 Å². The average molecular weight is 229 g/mol. The molecule has 0 radical (unpaired) electrons. The summed E-state index contributed by atoms with van der Waals surface area (Å²) >= 11 is 0. The second kappa shape index (κ2) is 18.2. The predicted molar refractivity (Wildman–Crippen MR) is 45.4 cm³/mol. The third-order valence-corrected chi connectivity index (χ3v) is 0. The zero-order valence-electron chi connectivity index (χ0n) is 9.37. The van der Waals surface area contributed by atoms with Crippen LogP contribution in [0.3, 0.4) is 0 Å². The molecule has 0 aliphatic heterocycles. The first-order valence-electron chi connectivity index (χ1n) is 4.17. The first-order valence-corrected chi connectivity index (χ1v) is 4.17. The Morgan fingerprint density at radius 1 is 0.538 bits per heavy atom. The van der Waals surface area contributed by atoms with Crippen molar-refractivity contribution < 1.29 is 32.7 Å². The molecule has 0 rings (SSSR count). The maximum atomic E-state index is 9.53. The monoisotopic (exact) mass is 229 g/mol. The van der Waals surface area contributed by atoms with Gasteiger partial charge in [0.1, 0.15) is 0 Å². The van der Waals surface area contributed by atoms with Crippen molar-refractivity contribution in [3.8, 4) is 0 Å². The largest absolute Gasteiger partial charge is 0.852 e. The van der Waals surface area contributed by atoms with E-state index in [0.29, 0.717) is 0 Å². The van der Waals surface area contributed by atoms with Crippen molar-refractivity contribution in [3.63, 3.8) is 0 Å².